The van der Waals surface area contributed by atoms with Crippen molar-refractivity contribution in [2.45, 2.75) is 19.8 Å². The van der Waals surface area contributed by atoms with Crippen LogP contribution in [0.4, 0.5) is 17.3 Å². The van der Waals surface area contributed by atoms with Gasteiger partial charge in [0.05, 0.1) is 4.92 Å². The van der Waals surface area contributed by atoms with E-state index in [1.54, 1.807) is 20.2 Å². The van der Waals surface area contributed by atoms with Crippen molar-refractivity contribution in [1.82, 2.24) is 14.8 Å². The molecule has 0 saturated heterocycles. The van der Waals surface area contributed by atoms with Gasteiger partial charge in [-0.15, -0.1) is 0 Å². The van der Waals surface area contributed by atoms with Crippen LogP contribution in [-0.2, 0) is 7.05 Å². The van der Waals surface area contributed by atoms with Gasteiger partial charge in [-0.25, -0.2) is 9.67 Å². The van der Waals surface area contributed by atoms with E-state index in [4.69, 9.17) is 0 Å². The molecule has 0 aromatic carbocycles. The minimum Gasteiger partial charge on any atom is -0.370 e. The molecule has 2 rings (SSSR count). The van der Waals surface area contributed by atoms with E-state index >= 15 is 0 Å². The van der Waals surface area contributed by atoms with Gasteiger partial charge in [0.25, 0.3) is 0 Å². The first-order valence-electron chi connectivity index (χ1n) is 7.16. The van der Waals surface area contributed by atoms with Crippen molar-refractivity contribution < 1.29 is 4.92 Å². The van der Waals surface area contributed by atoms with Crippen LogP contribution in [0.3, 0.4) is 0 Å². The molecule has 0 radical (unpaired) electrons. The summed E-state index contributed by atoms with van der Waals surface area (Å²) in [6, 6.07) is 5.72. The maximum Gasteiger partial charge on any atom is 0.333 e. The number of nitro groups is 1. The molecule has 22 heavy (non-hydrogen) atoms. The predicted octanol–water partition coefficient (Wildman–Crippen LogP) is 2.34. The highest BCUT2D eigenvalue weighted by molar-refractivity contribution is 5.59. The van der Waals surface area contributed by atoms with Crippen LogP contribution in [0.2, 0.25) is 0 Å². The molecule has 0 aliphatic rings. The van der Waals surface area contributed by atoms with Crippen molar-refractivity contribution >= 4 is 17.3 Å². The molecule has 0 fully saturated rings. The average Bonchev–Trinajstić information content (AvgIpc) is 2.78. The standard InChI is InChI=1S/C14H20N6O2/c1-11-13(20(21)22)14(19(2)18-11)17-10-6-5-9-16-12-7-3-4-8-15-12/h3-4,7-8,17H,5-6,9-10H2,1-2H3,(H,15,16). The zero-order chi connectivity index (χ0) is 15.9. The van der Waals surface area contributed by atoms with E-state index in [9.17, 15) is 10.1 Å². The third-order valence-corrected chi connectivity index (χ3v) is 3.24. The van der Waals surface area contributed by atoms with Gasteiger partial charge < -0.3 is 10.6 Å². The molecule has 8 heteroatoms. The summed E-state index contributed by atoms with van der Waals surface area (Å²) in [6.07, 6.45) is 3.57. The zero-order valence-corrected chi connectivity index (χ0v) is 12.7. The van der Waals surface area contributed by atoms with Crippen molar-refractivity contribution in [2.75, 3.05) is 23.7 Å². The molecule has 2 N–H and O–H groups in total. The van der Waals surface area contributed by atoms with E-state index in [-0.39, 0.29) is 5.69 Å². The topological polar surface area (TPSA) is 97.9 Å². The Bertz CT molecular complexity index is 626. The van der Waals surface area contributed by atoms with Crippen LogP contribution in [0.5, 0.6) is 0 Å². The molecule has 8 nitrogen and oxygen atoms in total. The Morgan fingerprint density at radius 3 is 2.64 bits per heavy atom. The number of unbranched alkanes of at least 4 members (excludes halogenated alkanes) is 1. The molecule has 0 unspecified atom stereocenters. The maximum absolute atomic E-state index is 11.0. The van der Waals surface area contributed by atoms with Gasteiger partial charge in [0.2, 0.25) is 5.82 Å². The molecule has 0 aliphatic carbocycles. The number of aromatic nitrogens is 3. The van der Waals surface area contributed by atoms with Crippen LogP contribution >= 0.6 is 0 Å². The minimum atomic E-state index is -0.396. The van der Waals surface area contributed by atoms with Crippen LogP contribution < -0.4 is 10.6 Å². The number of aryl methyl sites for hydroxylation is 2. The highest BCUT2D eigenvalue weighted by atomic mass is 16.6. The Morgan fingerprint density at radius 1 is 1.27 bits per heavy atom. The lowest BCUT2D eigenvalue weighted by Crippen LogP contribution is -2.10. The summed E-state index contributed by atoms with van der Waals surface area (Å²) in [5, 5.41) is 21.4. The van der Waals surface area contributed by atoms with Crippen molar-refractivity contribution in [3.8, 4) is 0 Å². The Hall–Kier alpha value is -2.64. The van der Waals surface area contributed by atoms with Gasteiger partial charge in [0.15, 0.2) is 0 Å². The molecular weight excluding hydrogens is 284 g/mol. The molecular formula is C14H20N6O2. The van der Waals surface area contributed by atoms with E-state index in [2.05, 4.69) is 20.7 Å². The van der Waals surface area contributed by atoms with Crippen molar-refractivity contribution in [1.29, 1.82) is 0 Å². The molecule has 0 aliphatic heterocycles. The van der Waals surface area contributed by atoms with E-state index in [1.165, 1.54) is 4.68 Å². The first-order chi connectivity index (χ1) is 10.6. The van der Waals surface area contributed by atoms with Gasteiger partial charge in [-0.05, 0) is 31.9 Å². The Labute approximate surface area is 128 Å². The normalized spacial score (nSPS) is 10.5. The highest BCUT2D eigenvalue weighted by Gasteiger charge is 2.23. The van der Waals surface area contributed by atoms with Crippen LogP contribution in [0.1, 0.15) is 18.5 Å². The second-order valence-electron chi connectivity index (χ2n) is 4.94. The monoisotopic (exact) mass is 304 g/mol. The van der Waals surface area contributed by atoms with Gasteiger partial charge in [-0.3, -0.25) is 10.1 Å². The Kier molecular flexibility index (Phi) is 5.29. The summed E-state index contributed by atoms with van der Waals surface area (Å²) >= 11 is 0. The summed E-state index contributed by atoms with van der Waals surface area (Å²) in [6.45, 7) is 3.11. The summed E-state index contributed by atoms with van der Waals surface area (Å²) < 4.78 is 1.51. The molecule has 2 aromatic heterocycles. The fraction of sp³-hybridized carbons (Fsp3) is 0.429. The van der Waals surface area contributed by atoms with Crippen molar-refractivity contribution in [3.63, 3.8) is 0 Å². The molecule has 118 valence electrons. The Balaban J connectivity index is 1.74. The zero-order valence-electron chi connectivity index (χ0n) is 12.7. The minimum absolute atomic E-state index is 0.0501. The number of nitrogens with zero attached hydrogens (tertiary/aromatic N) is 4. The second-order valence-corrected chi connectivity index (χ2v) is 4.94. The lowest BCUT2D eigenvalue weighted by Gasteiger charge is -2.07. The van der Waals surface area contributed by atoms with E-state index < -0.39 is 4.92 Å². The third kappa shape index (κ3) is 3.94. The number of nitrogens with one attached hydrogen (secondary N) is 2. The van der Waals surface area contributed by atoms with Crippen LogP contribution in [0.15, 0.2) is 24.4 Å². The van der Waals surface area contributed by atoms with Crippen molar-refractivity contribution in [3.05, 3.63) is 40.2 Å². The van der Waals surface area contributed by atoms with E-state index in [0.29, 0.717) is 18.1 Å². The molecule has 0 bridgehead atoms. The summed E-state index contributed by atoms with van der Waals surface area (Å²) in [7, 11) is 1.70. The summed E-state index contributed by atoms with van der Waals surface area (Å²) in [5.74, 6) is 1.31. The maximum atomic E-state index is 11.0. The largest absolute Gasteiger partial charge is 0.370 e. The van der Waals surface area contributed by atoms with E-state index in [1.807, 2.05) is 18.2 Å². The third-order valence-electron chi connectivity index (χ3n) is 3.24. The van der Waals surface area contributed by atoms with Gasteiger partial charge in [0.1, 0.15) is 11.5 Å². The lowest BCUT2D eigenvalue weighted by molar-refractivity contribution is -0.384. The second kappa shape index (κ2) is 7.39. The van der Waals surface area contributed by atoms with E-state index in [0.717, 1.165) is 25.2 Å². The highest BCUT2D eigenvalue weighted by Crippen LogP contribution is 2.27. The molecule has 2 heterocycles. The number of anilines is 2. The van der Waals surface area contributed by atoms with Crippen LogP contribution in [0.25, 0.3) is 0 Å². The number of hydrogen-bond acceptors (Lipinski definition) is 6. The van der Waals surface area contributed by atoms with Gasteiger partial charge in [-0.1, -0.05) is 6.07 Å². The van der Waals surface area contributed by atoms with Gasteiger partial charge >= 0.3 is 5.69 Å². The number of pyridine rings is 1. The molecule has 0 amide bonds. The summed E-state index contributed by atoms with van der Waals surface area (Å²) in [4.78, 5) is 14.8. The molecule has 2 aromatic rings. The first kappa shape index (κ1) is 15.7. The Morgan fingerprint density at radius 2 is 2.00 bits per heavy atom. The molecule has 0 saturated carbocycles. The quantitative estimate of drug-likeness (QED) is 0.441. The summed E-state index contributed by atoms with van der Waals surface area (Å²) in [5.41, 5.74) is 0.473. The molecule has 0 spiro atoms. The lowest BCUT2D eigenvalue weighted by atomic mass is 10.3. The van der Waals surface area contributed by atoms with Gasteiger partial charge in [-0.2, -0.15) is 5.10 Å². The fourth-order valence-corrected chi connectivity index (χ4v) is 2.20. The van der Waals surface area contributed by atoms with Gasteiger partial charge in [0, 0.05) is 26.3 Å². The average molecular weight is 304 g/mol. The first-order valence-corrected chi connectivity index (χ1v) is 7.16. The fourth-order valence-electron chi connectivity index (χ4n) is 2.20. The molecule has 0 atom stereocenters. The SMILES string of the molecule is Cc1nn(C)c(NCCCCNc2ccccn2)c1[N+](=O)[O-]. The van der Waals surface area contributed by atoms with Crippen molar-refractivity contribution in [2.24, 2.45) is 7.05 Å². The van der Waals surface area contributed by atoms with Crippen LogP contribution in [0, 0.1) is 17.0 Å². The van der Waals surface area contributed by atoms with Crippen LogP contribution in [-0.4, -0.2) is 32.8 Å². The number of rotatable bonds is 8. The predicted molar refractivity (Wildman–Crippen MR) is 85.0 cm³/mol. The smallest absolute Gasteiger partial charge is 0.333 e. The number of hydrogen-bond donors (Lipinski definition) is 2.